The van der Waals surface area contributed by atoms with Crippen molar-refractivity contribution in [2.24, 2.45) is 0 Å². The molecule has 4 rings (SSSR count). The summed E-state index contributed by atoms with van der Waals surface area (Å²) in [7, 11) is 0. The highest BCUT2D eigenvalue weighted by Gasteiger charge is 2.28. The minimum Gasteiger partial charge on any atom is -0.453 e. The molecule has 0 unspecified atom stereocenters. The van der Waals surface area contributed by atoms with Gasteiger partial charge in [0.05, 0.1) is 11.4 Å². The van der Waals surface area contributed by atoms with Gasteiger partial charge in [0.15, 0.2) is 11.5 Å². The van der Waals surface area contributed by atoms with E-state index in [1.165, 1.54) is 35.2 Å². The van der Waals surface area contributed by atoms with E-state index in [9.17, 15) is 0 Å². The Hall–Kier alpha value is -2.74. The highest BCUT2D eigenvalue weighted by atomic mass is 16.5. The Morgan fingerprint density at radius 1 is 0.833 bits per heavy atom. The molecule has 0 aromatic heterocycles. The van der Waals surface area contributed by atoms with Crippen LogP contribution >= 0.6 is 0 Å². The number of benzene rings is 3. The summed E-state index contributed by atoms with van der Waals surface area (Å²) in [6.07, 6.45) is 4.69. The van der Waals surface area contributed by atoms with Gasteiger partial charge >= 0.3 is 0 Å². The first kappa shape index (κ1) is 20.5. The minimum atomic E-state index is 0.122. The number of aryl methyl sites for hydroxylation is 2. The minimum absolute atomic E-state index is 0.122. The van der Waals surface area contributed by atoms with Gasteiger partial charge in [0.1, 0.15) is 0 Å². The Balaban J connectivity index is 1.80. The van der Waals surface area contributed by atoms with E-state index in [4.69, 9.17) is 4.74 Å². The lowest BCUT2D eigenvalue weighted by Crippen LogP contribution is -2.19. The summed E-state index contributed by atoms with van der Waals surface area (Å²) in [6, 6.07) is 22.2. The second-order valence-electron chi connectivity index (χ2n) is 9.10. The number of fused-ring (bicyclic) bond motifs is 2. The zero-order valence-corrected chi connectivity index (χ0v) is 19.0. The first-order chi connectivity index (χ1) is 14.4. The van der Waals surface area contributed by atoms with Gasteiger partial charge in [-0.2, -0.15) is 0 Å². The van der Waals surface area contributed by atoms with E-state index in [1.807, 2.05) is 0 Å². The van der Waals surface area contributed by atoms with Gasteiger partial charge in [0.2, 0.25) is 0 Å². The van der Waals surface area contributed by atoms with Crippen LogP contribution in [0.15, 0.2) is 60.7 Å². The third kappa shape index (κ3) is 3.84. The number of anilines is 3. The molecule has 3 aromatic carbocycles. The van der Waals surface area contributed by atoms with Crippen molar-refractivity contribution in [3.63, 3.8) is 0 Å². The van der Waals surface area contributed by atoms with Gasteiger partial charge < -0.3 is 9.64 Å². The van der Waals surface area contributed by atoms with E-state index in [2.05, 4.69) is 100 Å². The molecule has 0 atom stereocenters. The summed E-state index contributed by atoms with van der Waals surface area (Å²) in [5, 5.41) is 0. The second-order valence-corrected chi connectivity index (χ2v) is 9.10. The van der Waals surface area contributed by atoms with Crippen molar-refractivity contribution in [1.82, 2.24) is 0 Å². The Labute approximate surface area is 181 Å². The van der Waals surface area contributed by atoms with Gasteiger partial charge in [-0.15, -0.1) is 0 Å². The van der Waals surface area contributed by atoms with E-state index in [0.717, 1.165) is 35.7 Å². The number of unbranched alkanes of at least 4 members (excludes halogenated alkanes) is 1. The standard InChI is InChI=1S/C28H33NO/c1-6-8-9-21-11-14-23(15-12-21)29-24-16-10-20(3)18-26(24)30-27-19-22(13-17-25(27)29)28(4,5)7-2/h10-19H,6-9H2,1-5H3. The Morgan fingerprint density at radius 2 is 1.50 bits per heavy atom. The van der Waals surface area contributed by atoms with Crippen LogP contribution in [-0.2, 0) is 11.8 Å². The molecule has 0 saturated heterocycles. The van der Waals surface area contributed by atoms with Gasteiger partial charge in [-0.1, -0.05) is 58.4 Å². The monoisotopic (exact) mass is 399 g/mol. The first-order valence-corrected chi connectivity index (χ1v) is 11.2. The summed E-state index contributed by atoms with van der Waals surface area (Å²) < 4.78 is 6.43. The molecule has 2 heteroatoms. The fourth-order valence-corrected chi connectivity index (χ4v) is 4.01. The van der Waals surface area contributed by atoms with Gasteiger partial charge in [0, 0.05) is 5.69 Å². The number of hydrogen-bond acceptors (Lipinski definition) is 2. The van der Waals surface area contributed by atoms with Crippen molar-refractivity contribution in [2.75, 3.05) is 4.90 Å². The molecule has 0 saturated carbocycles. The fraction of sp³-hybridized carbons (Fsp3) is 0.357. The van der Waals surface area contributed by atoms with Crippen molar-refractivity contribution < 1.29 is 4.74 Å². The van der Waals surface area contributed by atoms with E-state index in [1.54, 1.807) is 0 Å². The Morgan fingerprint density at radius 3 is 2.17 bits per heavy atom. The summed E-state index contributed by atoms with van der Waals surface area (Å²) in [5.41, 5.74) is 7.41. The van der Waals surface area contributed by atoms with Crippen LogP contribution in [0, 0.1) is 6.92 Å². The number of ether oxygens (including phenoxy) is 1. The molecular weight excluding hydrogens is 366 g/mol. The van der Waals surface area contributed by atoms with Crippen molar-refractivity contribution >= 4 is 17.1 Å². The third-order valence-corrected chi connectivity index (χ3v) is 6.46. The fourth-order valence-electron chi connectivity index (χ4n) is 4.01. The molecule has 2 nitrogen and oxygen atoms in total. The first-order valence-electron chi connectivity index (χ1n) is 11.2. The summed E-state index contributed by atoms with van der Waals surface area (Å²) in [5.74, 6) is 1.85. The quantitative estimate of drug-likeness (QED) is 0.322. The predicted molar refractivity (Wildman–Crippen MR) is 128 cm³/mol. The molecular formula is C28H33NO. The summed E-state index contributed by atoms with van der Waals surface area (Å²) >= 11 is 0. The average molecular weight is 400 g/mol. The van der Waals surface area contributed by atoms with E-state index in [-0.39, 0.29) is 5.41 Å². The lowest BCUT2D eigenvalue weighted by atomic mass is 9.82. The second kappa shape index (κ2) is 8.18. The maximum Gasteiger partial charge on any atom is 0.151 e. The van der Waals surface area contributed by atoms with Gasteiger partial charge in [-0.25, -0.2) is 0 Å². The largest absolute Gasteiger partial charge is 0.453 e. The van der Waals surface area contributed by atoms with Crippen LogP contribution < -0.4 is 9.64 Å². The van der Waals surface area contributed by atoms with Crippen LogP contribution in [0.25, 0.3) is 0 Å². The maximum atomic E-state index is 6.43. The van der Waals surface area contributed by atoms with Crippen LogP contribution in [-0.4, -0.2) is 0 Å². The van der Waals surface area contributed by atoms with Crippen LogP contribution in [0.4, 0.5) is 17.1 Å². The van der Waals surface area contributed by atoms with Gasteiger partial charge in [0.25, 0.3) is 0 Å². The highest BCUT2D eigenvalue weighted by molar-refractivity contribution is 5.86. The SMILES string of the molecule is CCCCc1ccc(N2c3ccc(C)cc3Oc3cc(C(C)(C)CC)ccc32)cc1. The van der Waals surface area contributed by atoms with E-state index >= 15 is 0 Å². The average Bonchev–Trinajstić information content (AvgIpc) is 2.76. The number of hydrogen-bond donors (Lipinski definition) is 0. The van der Waals surface area contributed by atoms with Crippen molar-refractivity contribution in [3.05, 3.63) is 77.4 Å². The molecule has 1 heterocycles. The molecule has 30 heavy (non-hydrogen) atoms. The van der Waals surface area contributed by atoms with Crippen LogP contribution in [0.5, 0.6) is 11.5 Å². The summed E-state index contributed by atoms with van der Waals surface area (Å²) in [4.78, 5) is 2.33. The lowest BCUT2D eigenvalue weighted by molar-refractivity contribution is 0.466. The molecule has 1 aliphatic rings. The summed E-state index contributed by atoms with van der Waals surface area (Å²) in [6.45, 7) is 11.2. The molecule has 156 valence electrons. The zero-order chi connectivity index (χ0) is 21.3. The van der Waals surface area contributed by atoms with E-state index in [0.29, 0.717) is 0 Å². The molecule has 3 aromatic rings. The Kier molecular flexibility index (Phi) is 5.60. The van der Waals surface area contributed by atoms with Gasteiger partial charge in [-0.05, 0) is 84.7 Å². The lowest BCUT2D eigenvalue weighted by Gasteiger charge is -2.34. The molecule has 0 N–H and O–H groups in total. The molecule has 0 aliphatic carbocycles. The molecule has 0 bridgehead atoms. The molecule has 0 amide bonds. The third-order valence-electron chi connectivity index (χ3n) is 6.46. The van der Waals surface area contributed by atoms with E-state index < -0.39 is 0 Å². The zero-order valence-electron chi connectivity index (χ0n) is 19.0. The molecule has 0 radical (unpaired) electrons. The van der Waals surface area contributed by atoms with Crippen molar-refractivity contribution in [3.8, 4) is 11.5 Å². The predicted octanol–water partition coefficient (Wildman–Crippen LogP) is 8.60. The van der Waals surface area contributed by atoms with Crippen molar-refractivity contribution in [1.29, 1.82) is 0 Å². The van der Waals surface area contributed by atoms with Crippen LogP contribution in [0.3, 0.4) is 0 Å². The molecule has 0 fully saturated rings. The normalized spacial score (nSPS) is 12.9. The highest BCUT2D eigenvalue weighted by Crippen LogP contribution is 2.51. The molecule has 0 spiro atoms. The smallest absolute Gasteiger partial charge is 0.151 e. The van der Waals surface area contributed by atoms with Crippen LogP contribution in [0.1, 0.15) is 63.6 Å². The Bertz CT molecular complexity index is 1030. The van der Waals surface area contributed by atoms with Crippen LogP contribution in [0.2, 0.25) is 0 Å². The van der Waals surface area contributed by atoms with Crippen molar-refractivity contribution in [2.45, 2.75) is 65.7 Å². The topological polar surface area (TPSA) is 12.5 Å². The number of nitrogens with zero attached hydrogens (tertiary/aromatic N) is 1. The van der Waals surface area contributed by atoms with Gasteiger partial charge in [-0.3, -0.25) is 0 Å². The number of rotatable bonds is 6. The maximum absolute atomic E-state index is 6.43. The molecule has 1 aliphatic heterocycles.